The van der Waals surface area contributed by atoms with Crippen molar-refractivity contribution in [1.29, 1.82) is 0 Å². The highest BCUT2D eigenvalue weighted by Gasteiger charge is 2.21. The summed E-state index contributed by atoms with van der Waals surface area (Å²) in [6.07, 6.45) is 2.03. The molecule has 0 radical (unpaired) electrons. The van der Waals surface area contributed by atoms with E-state index in [0.717, 1.165) is 28.6 Å². The largest absolute Gasteiger partial charge is 0.325 e. The van der Waals surface area contributed by atoms with Crippen molar-refractivity contribution in [2.45, 2.75) is 18.9 Å². The van der Waals surface area contributed by atoms with E-state index in [4.69, 9.17) is 0 Å². The van der Waals surface area contributed by atoms with Crippen molar-refractivity contribution in [2.75, 3.05) is 11.9 Å². The van der Waals surface area contributed by atoms with Gasteiger partial charge >= 0.3 is 0 Å². The lowest BCUT2D eigenvalue weighted by Gasteiger charge is -2.10. The van der Waals surface area contributed by atoms with Crippen molar-refractivity contribution in [3.8, 4) is 0 Å². The fourth-order valence-electron chi connectivity index (χ4n) is 1.70. The maximum atomic E-state index is 11.7. The Bertz CT molecular complexity index is 361. The van der Waals surface area contributed by atoms with Gasteiger partial charge in [0.25, 0.3) is 0 Å². The number of nitrogens with one attached hydrogen (secondary N) is 2. The van der Waals surface area contributed by atoms with Crippen LogP contribution in [0.5, 0.6) is 0 Å². The molecule has 1 saturated heterocycles. The minimum absolute atomic E-state index is 0.0112. The number of anilines is 1. The topological polar surface area (TPSA) is 41.1 Å². The number of amides is 1. The van der Waals surface area contributed by atoms with Gasteiger partial charge in [-0.05, 0) is 60.2 Å². The molecule has 80 valence electrons. The lowest BCUT2D eigenvalue weighted by atomic mass is 10.2. The summed E-state index contributed by atoms with van der Waals surface area (Å²) in [7, 11) is 0. The van der Waals surface area contributed by atoms with E-state index in [0.29, 0.717) is 0 Å². The molecule has 0 saturated carbocycles. The van der Waals surface area contributed by atoms with Crippen LogP contribution in [0.2, 0.25) is 0 Å². The molecule has 1 atom stereocenters. The number of hydrogen-bond donors (Lipinski definition) is 2. The molecule has 1 aromatic carbocycles. The minimum Gasteiger partial charge on any atom is -0.325 e. The molecular formula is C11H13IN2O. The van der Waals surface area contributed by atoms with Crippen molar-refractivity contribution in [3.05, 3.63) is 27.8 Å². The smallest absolute Gasteiger partial charge is 0.241 e. The van der Waals surface area contributed by atoms with Crippen molar-refractivity contribution >= 4 is 34.2 Å². The second-order valence-electron chi connectivity index (χ2n) is 3.65. The van der Waals surface area contributed by atoms with E-state index in [1.165, 1.54) is 0 Å². The monoisotopic (exact) mass is 316 g/mol. The Hall–Kier alpha value is -0.620. The molecule has 0 aromatic heterocycles. The molecule has 0 unspecified atom stereocenters. The van der Waals surface area contributed by atoms with Gasteiger partial charge in [0.15, 0.2) is 0 Å². The zero-order valence-corrected chi connectivity index (χ0v) is 10.5. The first kappa shape index (κ1) is 10.9. The first-order valence-corrected chi connectivity index (χ1v) is 6.13. The lowest BCUT2D eigenvalue weighted by Crippen LogP contribution is -2.35. The van der Waals surface area contributed by atoms with E-state index in [-0.39, 0.29) is 11.9 Å². The van der Waals surface area contributed by atoms with Gasteiger partial charge in [-0.1, -0.05) is 6.07 Å². The van der Waals surface area contributed by atoms with Crippen LogP contribution in [-0.2, 0) is 4.79 Å². The van der Waals surface area contributed by atoms with Gasteiger partial charge in [0.05, 0.1) is 6.04 Å². The number of carbonyl (C=O) groups is 1. The molecule has 0 bridgehead atoms. The molecule has 0 aliphatic carbocycles. The van der Waals surface area contributed by atoms with Crippen LogP contribution in [0.1, 0.15) is 12.8 Å². The zero-order valence-electron chi connectivity index (χ0n) is 8.29. The number of halogens is 1. The highest BCUT2D eigenvalue weighted by molar-refractivity contribution is 14.1. The summed E-state index contributed by atoms with van der Waals surface area (Å²) in [5.41, 5.74) is 0.876. The van der Waals surface area contributed by atoms with E-state index in [1.54, 1.807) is 0 Å². The molecule has 15 heavy (non-hydrogen) atoms. The molecule has 2 N–H and O–H groups in total. The number of rotatable bonds is 2. The van der Waals surface area contributed by atoms with Gasteiger partial charge in [0.2, 0.25) is 5.91 Å². The van der Waals surface area contributed by atoms with Crippen molar-refractivity contribution in [2.24, 2.45) is 0 Å². The fourth-order valence-corrected chi connectivity index (χ4v) is 2.25. The van der Waals surface area contributed by atoms with Crippen LogP contribution in [0.3, 0.4) is 0 Å². The lowest BCUT2D eigenvalue weighted by molar-refractivity contribution is -0.117. The van der Waals surface area contributed by atoms with E-state index in [1.807, 2.05) is 24.3 Å². The Kier molecular flexibility index (Phi) is 3.58. The maximum absolute atomic E-state index is 11.7. The molecule has 1 aliphatic rings. The van der Waals surface area contributed by atoms with Gasteiger partial charge in [-0.2, -0.15) is 0 Å². The normalized spacial score (nSPS) is 20.2. The van der Waals surface area contributed by atoms with E-state index >= 15 is 0 Å². The first-order valence-electron chi connectivity index (χ1n) is 5.05. The standard InChI is InChI=1S/C11H13IN2O/c12-8-3-1-4-9(7-8)14-11(15)10-5-2-6-13-10/h1,3-4,7,10,13H,2,5-6H2,(H,14,15)/t10-/m1/s1. The zero-order chi connectivity index (χ0) is 10.7. The van der Waals surface area contributed by atoms with Gasteiger partial charge < -0.3 is 10.6 Å². The number of carbonyl (C=O) groups excluding carboxylic acids is 1. The number of benzene rings is 1. The van der Waals surface area contributed by atoms with Crippen LogP contribution in [-0.4, -0.2) is 18.5 Å². The predicted molar refractivity (Wildman–Crippen MR) is 68.8 cm³/mol. The summed E-state index contributed by atoms with van der Waals surface area (Å²) in [6, 6.07) is 7.81. The molecule has 1 fully saturated rings. The Morgan fingerprint density at radius 3 is 3.07 bits per heavy atom. The summed E-state index contributed by atoms with van der Waals surface area (Å²) >= 11 is 2.23. The van der Waals surface area contributed by atoms with E-state index < -0.39 is 0 Å². The highest BCUT2D eigenvalue weighted by atomic mass is 127. The van der Waals surface area contributed by atoms with Crippen molar-refractivity contribution in [3.63, 3.8) is 0 Å². The molecule has 1 aromatic rings. The Morgan fingerprint density at radius 2 is 2.40 bits per heavy atom. The average molecular weight is 316 g/mol. The Morgan fingerprint density at radius 1 is 1.53 bits per heavy atom. The molecule has 4 heteroatoms. The molecular weight excluding hydrogens is 303 g/mol. The Balaban J connectivity index is 1.99. The van der Waals surface area contributed by atoms with Crippen LogP contribution in [0.4, 0.5) is 5.69 Å². The SMILES string of the molecule is O=C(Nc1cccc(I)c1)[C@H]1CCCN1. The van der Waals surface area contributed by atoms with Crippen LogP contribution in [0, 0.1) is 3.57 Å². The van der Waals surface area contributed by atoms with Gasteiger partial charge in [-0.25, -0.2) is 0 Å². The van der Waals surface area contributed by atoms with Gasteiger partial charge in [-0.3, -0.25) is 4.79 Å². The van der Waals surface area contributed by atoms with Gasteiger partial charge in [0.1, 0.15) is 0 Å². The molecule has 1 heterocycles. The third-order valence-electron chi connectivity index (χ3n) is 2.47. The number of hydrogen-bond acceptors (Lipinski definition) is 2. The summed E-state index contributed by atoms with van der Waals surface area (Å²) in [5, 5.41) is 6.10. The van der Waals surface area contributed by atoms with Crippen LogP contribution in [0.15, 0.2) is 24.3 Å². The predicted octanol–water partition coefficient (Wildman–Crippen LogP) is 1.98. The van der Waals surface area contributed by atoms with Crippen LogP contribution in [0.25, 0.3) is 0 Å². The third kappa shape index (κ3) is 2.92. The second kappa shape index (κ2) is 4.94. The summed E-state index contributed by atoms with van der Waals surface area (Å²) in [5.74, 6) is 0.0782. The second-order valence-corrected chi connectivity index (χ2v) is 4.89. The van der Waals surface area contributed by atoms with Gasteiger partial charge in [-0.15, -0.1) is 0 Å². The quantitative estimate of drug-likeness (QED) is 0.819. The average Bonchev–Trinajstić information content (AvgIpc) is 2.70. The van der Waals surface area contributed by atoms with Crippen molar-refractivity contribution in [1.82, 2.24) is 5.32 Å². The molecule has 1 amide bonds. The molecule has 2 rings (SSSR count). The van der Waals surface area contributed by atoms with Crippen LogP contribution < -0.4 is 10.6 Å². The highest BCUT2D eigenvalue weighted by Crippen LogP contribution is 2.14. The maximum Gasteiger partial charge on any atom is 0.241 e. The summed E-state index contributed by atoms with van der Waals surface area (Å²) in [4.78, 5) is 11.7. The van der Waals surface area contributed by atoms with Gasteiger partial charge in [0, 0.05) is 9.26 Å². The Labute approximate surface area is 103 Å². The van der Waals surface area contributed by atoms with Crippen molar-refractivity contribution < 1.29 is 4.79 Å². The summed E-state index contributed by atoms with van der Waals surface area (Å²) in [6.45, 7) is 0.949. The van der Waals surface area contributed by atoms with E-state index in [9.17, 15) is 4.79 Å². The third-order valence-corrected chi connectivity index (χ3v) is 3.14. The van der Waals surface area contributed by atoms with Crippen LogP contribution >= 0.6 is 22.6 Å². The minimum atomic E-state index is -0.0112. The first-order chi connectivity index (χ1) is 7.25. The molecule has 0 spiro atoms. The molecule has 1 aliphatic heterocycles. The summed E-state index contributed by atoms with van der Waals surface area (Å²) < 4.78 is 1.13. The molecule has 3 nitrogen and oxygen atoms in total. The fraction of sp³-hybridized carbons (Fsp3) is 0.364. The van der Waals surface area contributed by atoms with E-state index in [2.05, 4.69) is 33.2 Å².